The fraction of sp³-hybridized carbons (Fsp3) is 0.727. The molecule has 0 heterocycles. The molecule has 2 aliphatic rings. The standard InChI is InChI=1S/C11H18GeO2/c1-12(2,3)14-11(13)10-7-8-4-5-9(10)6-8/h4-5,8-10H,6-7H2,1-3H3. The van der Waals surface area contributed by atoms with E-state index in [1.54, 1.807) is 0 Å². The van der Waals surface area contributed by atoms with Gasteiger partial charge in [-0.2, -0.15) is 0 Å². The first-order valence-corrected chi connectivity index (χ1v) is 12.5. The Hall–Kier alpha value is -0.247. The molecule has 0 aromatic rings. The Labute approximate surface area is 88.4 Å². The quantitative estimate of drug-likeness (QED) is 0.559. The molecule has 2 bridgehead atoms. The van der Waals surface area contributed by atoms with Crippen LogP contribution in [0.3, 0.4) is 0 Å². The van der Waals surface area contributed by atoms with Gasteiger partial charge in [-0.05, 0) is 0 Å². The Balaban J connectivity index is 1.97. The zero-order chi connectivity index (χ0) is 10.3. The van der Waals surface area contributed by atoms with Crippen LogP contribution in [0.2, 0.25) is 17.3 Å². The molecule has 1 saturated carbocycles. The second-order valence-electron chi connectivity index (χ2n) is 5.42. The molecule has 0 radical (unpaired) electrons. The van der Waals surface area contributed by atoms with E-state index >= 15 is 0 Å². The summed E-state index contributed by atoms with van der Waals surface area (Å²) in [4.78, 5) is 11.8. The average molecular weight is 255 g/mol. The van der Waals surface area contributed by atoms with Crippen molar-refractivity contribution in [3.05, 3.63) is 12.2 Å². The topological polar surface area (TPSA) is 26.3 Å². The number of carbonyl (C=O) groups is 1. The zero-order valence-corrected chi connectivity index (χ0v) is 11.2. The SMILES string of the molecule is [CH3][Ge]([CH3])([CH3])[O]C(=O)C1CC2C=CC1C2. The molecule has 2 rings (SSSR count). The molecule has 14 heavy (non-hydrogen) atoms. The van der Waals surface area contributed by atoms with Gasteiger partial charge in [0.15, 0.2) is 0 Å². The van der Waals surface area contributed by atoms with Gasteiger partial charge in [-0.15, -0.1) is 0 Å². The summed E-state index contributed by atoms with van der Waals surface area (Å²) in [7, 11) is 0. The van der Waals surface area contributed by atoms with E-state index in [1.807, 2.05) is 0 Å². The molecule has 0 saturated heterocycles. The third-order valence-corrected chi connectivity index (χ3v) is 4.70. The summed E-state index contributed by atoms with van der Waals surface area (Å²) in [5.41, 5.74) is 0. The van der Waals surface area contributed by atoms with Crippen molar-refractivity contribution >= 4 is 19.6 Å². The zero-order valence-electron chi connectivity index (χ0n) is 9.12. The Morgan fingerprint density at radius 1 is 1.29 bits per heavy atom. The second kappa shape index (κ2) is 3.40. The van der Waals surface area contributed by atoms with E-state index in [0.29, 0.717) is 11.8 Å². The summed E-state index contributed by atoms with van der Waals surface area (Å²) < 4.78 is 5.59. The van der Waals surface area contributed by atoms with Crippen molar-refractivity contribution in [2.24, 2.45) is 17.8 Å². The molecule has 0 aromatic heterocycles. The first-order chi connectivity index (χ1) is 6.46. The van der Waals surface area contributed by atoms with Crippen LogP contribution in [0, 0.1) is 17.8 Å². The molecule has 0 spiro atoms. The Morgan fingerprint density at radius 3 is 2.43 bits per heavy atom. The van der Waals surface area contributed by atoms with Crippen molar-refractivity contribution in [3.63, 3.8) is 0 Å². The number of hydrogen-bond donors (Lipinski definition) is 0. The van der Waals surface area contributed by atoms with Crippen LogP contribution in [-0.4, -0.2) is 19.6 Å². The van der Waals surface area contributed by atoms with Crippen LogP contribution in [-0.2, 0) is 8.56 Å². The normalized spacial score (nSPS) is 34.9. The minimum atomic E-state index is -2.16. The fourth-order valence-electron chi connectivity index (χ4n) is 2.43. The predicted molar refractivity (Wildman–Crippen MR) is 58.3 cm³/mol. The number of allylic oxidation sites excluding steroid dienone is 2. The van der Waals surface area contributed by atoms with Gasteiger partial charge in [0.25, 0.3) is 0 Å². The van der Waals surface area contributed by atoms with Crippen LogP contribution in [0.5, 0.6) is 0 Å². The molecule has 0 aromatic carbocycles. The summed E-state index contributed by atoms with van der Waals surface area (Å²) in [6, 6.07) is 0. The van der Waals surface area contributed by atoms with Crippen LogP contribution in [0.15, 0.2) is 12.2 Å². The third-order valence-electron chi connectivity index (χ3n) is 2.99. The Morgan fingerprint density at radius 2 is 2.00 bits per heavy atom. The number of carbonyl (C=O) groups excluding carboxylic acids is 1. The van der Waals surface area contributed by atoms with Crippen molar-refractivity contribution in [3.8, 4) is 0 Å². The fourth-order valence-corrected chi connectivity index (χ4v) is 4.01. The molecule has 78 valence electrons. The summed E-state index contributed by atoms with van der Waals surface area (Å²) in [5.74, 6) is 7.73. The van der Waals surface area contributed by atoms with Gasteiger partial charge in [-0.1, -0.05) is 0 Å². The summed E-state index contributed by atoms with van der Waals surface area (Å²) in [5, 5.41) is 0. The predicted octanol–water partition coefficient (Wildman–Crippen LogP) is 2.58. The molecule has 3 heteroatoms. The van der Waals surface area contributed by atoms with Crippen molar-refractivity contribution in [1.82, 2.24) is 0 Å². The molecule has 0 N–H and O–H groups in total. The maximum absolute atomic E-state index is 11.8. The number of rotatable bonds is 2. The van der Waals surface area contributed by atoms with Crippen molar-refractivity contribution in [1.29, 1.82) is 0 Å². The molecule has 2 aliphatic carbocycles. The van der Waals surface area contributed by atoms with Crippen molar-refractivity contribution in [2.45, 2.75) is 30.1 Å². The second-order valence-corrected chi connectivity index (χ2v) is 14.7. The molecule has 3 unspecified atom stereocenters. The van der Waals surface area contributed by atoms with Crippen molar-refractivity contribution < 1.29 is 8.56 Å². The van der Waals surface area contributed by atoms with E-state index in [4.69, 9.17) is 3.76 Å². The minimum absolute atomic E-state index is 0.0781. The molecule has 2 nitrogen and oxygen atoms in total. The Kier molecular flexibility index (Phi) is 2.50. The summed E-state index contributed by atoms with van der Waals surface area (Å²) in [6.07, 6.45) is 6.66. The van der Waals surface area contributed by atoms with E-state index in [1.165, 1.54) is 6.42 Å². The molecule has 0 amide bonds. The van der Waals surface area contributed by atoms with Gasteiger partial charge >= 0.3 is 88.1 Å². The summed E-state index contributed by atoms with van der Waals surface area (Å²) in [6.45, 7) is 0. The van der Waals surface area contributed by atoms with Gasteiger partial charge < -0.3 is 0 Å². The average Bonchev–Trinajstić information content (AvgIpc) is 2.59. The van der Waals surface area contributed by atoms with Crippen LogP contribution in [0.1, 0.15) is 12.8 Å². The summed E-state index contributed by atoms with van der Waals surface area (Å²) >= 11 is -2.16. The van der Waals surface area contributed by atoms with Gasteiger partial charge in [0.1, 0.15) is 0 Å². The molecular weight excluding hydrogens is 237 g/mol. The maximum atomic E-state index is 11.8. The first kappa shape index (κ1) is 10.3. The van der Waals surface area contributed by atoms with Crippen LogP contribution >= 0.6 is 0 Å². The van der Waals surface area contributed by atoms with E-state index in [2.05, 4.69) is 29.4 Å². The first-order valence-electron chi connectivity index (χ1n) is 5.37. The van der Waals surface area contributed by atoms with Gasteiger partial charge in [-0.25, -0.2) is 0 Å². The van der Waals surface area contributed by atoms with E-state index in [-0.39, 0.29) is 11.9 Å². The van der Waals surface area contributed by atoms with Crippen LogP contribution in [0.4, 0.5) is 0 Å². The van der Waals surface area contributed by atoms with E-state index in [0.717, 1.165) is 6.42 Å². The molecule has 3 atom stereocenters. The molecule has 0 aliphatic heterocycles. The monoisotopic (exact) mass is 256 g/mol. The van der Waals surface area contributed by atoms with Gasteiger partial charge in [-0.3, -0.25) is 0 Å². The van der Waals surface area contributed by atoms with Crippen LogP contribution in [0.25, 0.3) is 0 Å². The van der Waals surface area contributed by atoms with E-state index in [9.17, 15) is 4.79 Å². The van der Waals surface area contributed by atoms with Gasteiger partial charge in [0, 0.05) is 0 Å². The molecular formula is C11H18GeO2. The number of fused-ring (bicyclic) bond motifs is 2. The Bertz CT molecular complexity index is 278. The molecule has 1 fully saturated rings. The van der Waals surface area contributed by atoms with Gasteiger partial charge in [0.05, 0.1) is 0 Å². The van der Waals surface area contributed by atoms with Crippen molar-refractivity contribution in [2.75, 3.05) is 0 Å². The third kappa shape index (κ3) is 2.05. The van der Waals surface area contributed by atoms with Gasteiger partial charge in [0.2, 0.25) is 0 Å². The van der Waals surface area contributed by atoms with Crippen LogP contribution < -0.4 is 0 Å². The number of hydrogen-bond acceptors (Lipinski definition) is 2. The van der Waals surface area contributed by atoms with E-state index < -0.39 is 13.6 Å².